The van der Waals surface area contributed by atoms with E-state index in [1.807, 2.05) is 0 Å². The van der Waals surface area contributed by atoms with Crippen LogP contribution in [-0.4, -0.2) is 36.5 Å². The summed E-state index contributed by atoms with van der Waals surface area (Å²) in [5, 5.41) is 2.94. The van der Waals surface area contributed by atoms with Crippen LogP contribution in [0.4, 0.5) is 22.0 Å². The Hall–Kier alpha value is -1.70. The smallest absolute Gasteiger partial charge is 0.260 e. The largest absolute Gasteiger partial charge is 0.333 e. The van der Waals surface area contributed by atoms with Crippen molar-refractivity contribution in [2.45, 2.75) is 13.0 Å². The van der Waals surface area contributed by atoms with Crippen molar-refractivity contribution in [1.29, 1.82) is 0 Å². The van der Waals surface area contributed by atoms with E-state index in [1.165, 1.54) is 0 Å². The topological polar surface area (TPSA) is 32.3 Å². The minimum absolute atomic E-state index is 0.124. The van der Waals surface area contributed by atoms with Gasteiger partial charge >= 0.3 is 0 Å². The number of nitrogens with one attached hydrogen (secondary N) is 1. The molecule has 0 unspecified atom stereocenters. The van der Waals surface area contributed by atoms with Gasteiger partial charge in [0, 0.05) is 25.7 Å². The van der Waals surface area contributed by atoms with Gasteiger partial charge in [-0.05, 0) is 6.92 Å². The quantitative estimate of drug-likeness (QED) is 0.487. The summed E-state index contributed by atoms with van der Waals surface area (Å²) in [7, 11) is 0. The highest BCUT2D eigenvalue weighted by molar-refractivity contribution is 5.95. The Morgan fingerprint density at radius 2 is 1.55 bits per heavy atom. The molecule has 0 aromatic heterocycles. The van der Waals surface area contributed by atoms with E-state index in [9.17, 15) is 26.7 Å². The SMILES string of the molecule is C[C@H]1CNCCN1C(=O)c1c(F)c(F)c(F)c(F)c1F. The maximum Gasteiger partial charge on any atom is 0.260 e. The third-order valence-electron chi connectivity index (χ3n) is 3.19. The fourth-order valence-electron chi connectivity index (χ4n) is 2.08. The highest BCUT2D eigenvalue weighted by atomic mass is 19.2. The Morgan fingerprint density at radius 3 is 2.05 bits per heavy atom. The summed E-state index contributed by atoms with van der Waals surface area (Å²) in [5.74, 6) is -11.9. The predicted molar refractivity (Wildman–Crippen MR) is 59.6 cm³/mol. The minimum atomic E-state index is -2.27. The first-order valence-corrected chi connectivity index (χ1v) is 5.89. The monoisotopic (exact) mass is 294 g/mol. The Bertz CT molecular complexity index is 534. The lowest BCUT2D eigenvalue weighted by atomic mass is 10.1. The summed E-state index contributed by atoms with van der Waals surface area (Å²) in [6.07, 6.45) is 0. The van der Waals surface area contributed by atoms with E-state index >= 15 is 0 Å². The van der Waals surface area contributed by atoms with Gasteiger partial charge in [-0.3, -0.25) is 4.79 Å². The lowest BCUT2D eigenvalue weighted by Gasteiger charge is -2.34. The molecule has 0 saturated carbocycles. The van der Waals surface area contributed by atoms with Gasteiger partial charge in [-0.1, -0.05) is 0 Å². The highest BCUT2D eigenvalue weighted by Crippen LogP contribution is 2.25. The van der Waals surface area contributed by atoms with Gasteiger partial charge in [0.1, 0.15) is 5.56 Å². The molecular weight excluding hydrogens is 283 g/mol. The summed E-state index contributed by atoms with van der Waals surface area (Å²) in [6.45, 7) is 2.49. The molecule has 1 aliphatic rings. The molecule has 1 aliphatic heterocycles. The molecule has 0 aliphatic carbocycles. The number of amides is 1. The Balaban J connectivity index is 2.49. The fourth-order valence-corrected chi connectivity index (χ4v) is 2.08. The van der Waals surface area contributed by atoms with E-state index < -0.39 is 46.6 Å². The second kappa shape index (κ2) is 5.35. The second-order valence-corrected chi connectivity index (χ2v) is 4.50. The lowest BCUT2D eigenvalue weighted by molar-refractivity contribution is 0.0642. The number of rotatable bonds is 1. The number of hydrogen-bond donors (Lipinski definition) is 1. The van der Waals surface area contributed by atoms with Gasteiger partial charge in [-0.2, -0.15) is 0 Å². The molecule has 1 aromatic carbocycles. The average molecular weight is 294 g/mol. The van der Waals surface area contributed by atoms with Crippen molar-refractivity contribution in [3.8, 4) is 0 Å². The molecule has 3 nitrogen and oxygen atoms in total. The molecule has 2 rings (SSSR count). The van der Waals surface area contributed by atoms with Gasteiger partial charge in [0.05, 0.1) is 0 Å². The number of hydrogen-bond acceptors (Lipinski definition) is 2. The van der Waals surface area contributed by atoms with Crippen LogP contribution >= 0.6 is 0 Å². The molecule has 1 aromatic rings. The van der Waals surface area contributed by atoms with E-state index in [0.29, 0.717) is 13.1 Å². The zero-order valence-corrected chi connectivity index (χ0v) is 10.4. The molecule has 1 amide bonds. The van der Waals surface area contributed by atoms with Gasteiger partial charge in [0.25, 0.3) is 5.91 Å². The number of carbonyl (C=O) groups is 1. The van der Waals surface area contributed by atoms with E-state index in [2.05, 4.69) is 5.32 Å². The molecule has 0 radical (unpaired) electrons. The molecular formula is C12H11F5N2O. The summed E-state index contributed by atoms with van der Waals surface area (Å²) in [5.41, 5.74) is -1.41. The first kappa shape index (κ1) is 14.7. The van der Waals surface area contributed by atoms with E-state index in [4.69, 9.17) is 0 Å². The van der Waals surface area contributed by atoms with E-state index in [1.54, 1.807) is 6.92 Å². The van der Waals surface area contributed by atoms with Crippen molar-refractivity contribution in [3.05, 3.63) is 34.6 Å². The van der Waals surface area contributed by atoms with Crippen LogP contribution in [0.1, 0.15) is 17.3 Å². The molecule has 1 fully saturated rings. The van der Waals surface area contributed by atoms with Crippen LogP contribution in [0.15, 0.2) is 0 Å². The Kier molecular flexibility index (Phi) is 3.94. The summed E-state index contributed by atoms with van der Waals surface area (Å²) < 4.78 is 66.2. The van der Waals surface area contributed by atoms with Crippen LogP contribution in [0.25, 0.3) is 0 Å². The van der Waals surface area contributed by atoms with Crippen molar-refractivity contribution in [2.24, 2.45) is 0 Å². The van der Waals surface area contributed by atoms with Crippen LogP contribution < -0.4 is 5.32 Å². The van der Waals surface area contributed by atoms with Gasteiger partial charge in [0.2, 0.25) is 5.82 Å². The zero-order chi connectivity index (χ0) is 15.0. The minimum Gasteiger partial charge on any atom is -0.333 e. The molecule has 0 spiro atoms. The molecule has 20 heavy (non-hydrogen) atoms. The molecule has 110 valence electrons. The third kappa shape index (κ3) is 2.24. The van der Waals surface area contributed by atoms with Crippen molar-refractivity contribution in [3.63, 3.8) is 0 Å². The average Bonchev–Trinajstić information content (AvgIpc) is 2.43. The molecule has 1 heterocycles. The summed E-state index contributed by atoms with van der Waals surface area (Å²) >= 11 is 0. The lowest BCUT2D eigenvalue weighted by Crippen LogP contribution is -2.52. The standard InChI is InChI=1S/C12H11F5N2O/c1-5-4-18-2-3-19(5)12(20)6-7(13)9(15)11(17)10(16)8(6)14/h5,18H,2-4H2,1H3/t5-/m0/s1. The fraction of sp³-hybridized carbons (Fsp3) is 0.417. The number of carbonyl (C=O) groups excluding carboxylic acids is 1. The van der Waals surface area contributed by atoms with Crippen LogP contribution in [0.2, 0.25) is 0 Å². The summed E-state index contributed by atoms with van der Waals surface area (Å²) in [6, 6.07) is -0.411. The number of benzene rings is 1. The van der Waals surface area contributed by atoms with E-state index in [-0.39, 0.29) is 6.54 Å². The van der Waals surface area contributed by atoms with Crippen LogP contribution in [-0.2, 0) is 0 Å². The summed E-state index contributed by atoms with van der Waals surface area (Å²) in [4.78, 5) is 13.1. The van der Waals surface area contributed by atoms with Crippen LogP contribution in [0, 0.1) is 29.1 Å². The van der Waals surface area contributed by atoms with E-state index in [0.717, 1.165) is 4.90 Å². The third-order valence-corrected chi connectivity index (χ3v) is 3.19. The maximum absolute atomic E-state index is 13.6. The first-order valence-electron chi connectivity index (χ1n) is 5.89. The number of halogens is 5. The van der Waals surface area contributed by atoms with Gasteiger partial charge in [0.15, 0.2) is 23.3 Å². The van der Waals surface area contributed by atoms with Gasteiger partial charge < -0.3 is 10.2 Å². The van der Waals surface area contributed by atoms with Crippen molar-refractivity contribution in [1.82, 2.24) is 10.2 Å². The molecule has 1 saturated heterocycles. The van der Waals surface area contributed by atoms with Gasteiger partial charge in [-0.25, -0.2) is 22.0 Å². The van der Waals surface area contributed by atoms with Crippen LogP contribution in [0.3, 0.4) is 0 Å². The molecule has 1 atom stereocenters. The number of nitrogens with zero attached hydrogens (tertiary/aromatic N) is 1. The predicted octanol–water partition coefficient (Wildman–Crippen LogP) is 1.82. The highest BCUT2D eigenvalue weighted by Gasteiger charge is 2.34. The van der Waals surface area contributed by atoms with Crippen molar-refractivity contribution >= 4 is 5.91 Å². The van der Waals surface area contributed by atoms with Crippen molar-refractivity contribution < 1.29 is 26.7 Å². The Morgan fingerprint density at radius 1 is 1.05 bits per heavy atom. The molecule has 0 bridgehead atoms. The zero-order valence-electron chi connectivity index (χ0n) is 10.4. The second-order valence-electron chi connectivity index (χ2n) is 4.50. The molecule has 8 heteroatoms. The van der Waals surface area contributed by atoms with Crippen LogP contribution in [0.5, 0.6) is 0 Å². The van der Waals surface area contributed by atoms with Crippen molar-refractivity contribution in [2.75, 3.05) is 19.6 Å². The Labute approximate surface area is 111 Å². The molecule has 1 N–H and O–H groups in total. The number of piperazine rings is 1. The van der Waals surface area contributed by atoms with Gasteiger partial charge in [-0.15, -0.1) is 0 Å². The normalized spacial score (nSPS) is 19.3. The maximum atomic E-state index is 13.6. The first-order chi connectivity index (χ1) is 9.36.